The van der Waals surface area contributed by atoms with Crippen LogP contribution in [0.5, 0.6) is 5.75 Å². The number of ether oxygens (including phenoxy) is 2. The number of carbonyl (C=O) groups is 2. The molecule has 5 heteroatoms. The van der Waals surface area contributed by atoms with Crippen LogP contribution >= 0.6 is 0 Å². The van der Waals surface area contributed by atoms with E-state index in [0.717, 1.165) is 0 Å². The Morgan fingerprint density at radius 3 is 2.50 bits per heavy atom. The summed E-state index contributed by atoms with van der Waals surface area (Å²) in [6, 6.07) is 5.15. The van der Waals surface area contributed by atoms with Crippen molar-refractivity contribution in [1.82, 2.24) is 0 Å². The van der Waals surface area contributed by atoms with Crippen molar-refractivity contribution in [3.8, 4) is 5.75 Å². The smallest absolute Gasteiger partial charge is 0.326 e. The van der Waals surface area contributed by atoms with Crippen molar-refractivity contribution in [1.29, 1.82) is 0 Å². The predicted octanol–water partition coefficient (Wildman–Crippen LogP) is 2.25. The van der Waals surface area contributed by atoms with Gasteiger partial charge in [0.1, 0.15) is 11.4 Å². The van der Waals surface area contributed by atoms with Crippen LogP contribution in [0.1, 0.15) is 33.3 Å². The van der Waals surface area contributed by atoms with E-state index in [4.69, 9.17) is 9.47 Å². The Labute approximate surface area is 118 Å². The number of amides is 1. The molecule has 1 atom stereocenters. The van der Waals surface area contributed by atoms with Crippen LogP contribution in [0.2, 0.25) is 0 Å². The molecule has 1 N–H and O–H groups in total. The minimum Gasteiger partial charge on any atom is -0.497 e. The maximum atomic E-state index is 12.4. The SMILES string of the molecule is COc1ccc2c(c1)[C@](C)(C(=O)OC(C)(C)C)C(=O)N2. The molecule has 20 heavy (non-hydrogen) atoms. The molecule has 0 saturated carbocycles. The van der Waals surface area contributed by atoms with Crippen molar-refractivity contribution < 1.29 is 19.1 Å². The first-order chi connectivity index (χ1) is 9.18. The second-order valence-corrected chi connectivity index (χ2v) is 5.99. The van der Waals surface area contributed by atoms with Crippen LogP contribution in [0.15, 0.2) is 18.2 Å². The average Bonchev–Trinajstić information content (AvgIpc) is 2.60. The summed E-state index contributed by atoms with van der Waals surface area (Å²) in [5, 5.41) is 2.71. The van der Waals surface area contributed by atoms with Gasteiger partial charge in [0.05, 0.1) is 7.11 Å². The zero-order valence-electron chi connectivity index (χ0n) is 12.4. The second-order valence-electron chi connectivity index (χ2n) is 5.99. The van der Waals surface area contributed by atoms with Gasteiger partial charge in [0.2, 0.25) is 5.91 Å². The van der Waals surface area contributed by atoms with Gasteiger partial charge < -0.3 is 14.8 Å². The maximum Gasteiger partial charge on any atom is 0.326 e. The van der Waals surface area contributed by atoms with Crippen LogP contribution in [0.4, 0.5) is 5.69 Å². The molecular weight excluding hydrogens is 258 g/mol. The lowest BCUT2D eigenvalue weighted by atomic mass is 9.83. The fourth-order valence-corrected chi connectivity index (χ4v) is 2.13. The molecule has 1 aromatic carbocycles. The van der Waals surface area contributed by atoms with Crippen LogP contribution < -0.4 is 10.1 Å². The van der Waals surface area contributed by atoms with E-state index in [2.05, 4.69) is 5.32 Å². The number of rotatable bonds is 2. The fraction of sp³-hybridized carbons (Fsp3) is 0.467. The molecule has 1 aliphatic heterocycles. The van der Waals surface area contributed by atoms with Gasteiger partial charge in [0.15, 0.2) is 5.41 Å². The first-order valence-electron chi connectivity index (χ1n) is 6.42. The van der Waals surface area contributed by atoms with E-state index < -0.39 is 17.0 Å². The minimum absolute atomic E-state index is 0.380. The van der Waals surface area contributed by atoms with Crippen molar-refractivity contribution in [2.45, 2.75) is 38.7 Å². The van der Waals surface area contributed by atoms with E-state index >= 15 is 0 Å². The minimum atomic E-state index is -1.35. The van der Waals surface area contributed by atoms with Crippen LogP contribution in [0.25, 0.3) is 0 Å². The lowest BCUT2D eigenvalue weighted by Crippen LogP contribution is -2.43. The van der Waals surface area contributed by atoms with Gasteiger partial charge in [-0.05, 0) is 45.9 Å². The van der Waals surface area contributed by atoms with Gasteiger partial charge in [-0.25, -0.2) is 0 Å². The number of hydrogen-bond donors (Lipinski definition) is 1. The summed E-state index contributed by atoms with van der Waals surface area (Å²) in [7, 11) is 1.54. The highest BCUT2D eigenvalue weighted by Gasteiger charge is 2.51. The number of benzene rings is 1. The van der Waals surface area contributed by atoms with E-state index in [1.165, 1.54) is 7.11 Å². The predicted molar refractivity (Wildman–Crippen MR) is 74.8 cm³/mol. The number of anilines is 1. The quantitative estimate of drug-likeness (QED) is 0.665. The Hall–Kier alpha value is -2.04. The first-order valence-corrected chi connectivity index (χ1v) is 6.42. The fourth-order valence-electron chi connectivity index (χ4n) is 2.13. The maximum absolute atomic E-state index is 12.4. The molecule has 1 aliphatic rings. The van der Waals surface area contributed by atoms with E-state index in [0.29, 0.717) is 17.0 Å². The molecule has 1 amide bonds. The number of fused-ring (bicyclic) bond motifs is 1. The van der Waals surface area contributed by atoms with E-state index in [-0.39, 0.29) is 5.91 Å². The number of methoxy groups -OCH3 is 1. The van der Waals surface area contributed by atoms with Gasteiger partial charge in [-0.3, -0.25) is 9.59 Å². The topological polar surface area (TPSA) is 64.6 Å². The first kappa shape index (κ1) is 14.4. The molecule has 0 spiro atoms. The standard InChI is InChI=1S/C15H19NO4/c1-14(2,3)20-13(18)15(4)10-8-9(19-5)6-7-11(10)16-12(15)17/h6-8H,1-5H3,(H,16,17)/t15-/m0/s1. The lowest BCUT2D eigenvalue weighted by Gasteiger charge is -2.27. The number of esters is 1. The van der Waals surface area contributed by atoms with E-state index in [1.54, 1.807) is 45.9 Å². The molecular formula is C15H19NO4. The zero-order valence-corrected chi connectivity index (χ0v) is 12.4. The van der Waals surface area contributed by atoms with Gasteiger partial charge in [-0.2, -0.15) is 0 Å². The summed E-state index contributed by atoms with van der Waals surface area (Å²) in [5.74, 6) is -0.348. The van der Waals surface area contributed by atoms with Crippen LogP contribution in [0, 0.1) is 0 Å². The third kappa shape index (κ3) is 2.24. The summed E-state index contributed by atoms with van der Waals surface area (Å²) in [4.78, 5) is 24.7. The molecule has 0 unspecified atom stereocenters. The zero-order chi connectivity index (χ0) is 15.1. The van der Waals surface area contributed by atoms with Crippen molar-refractivity contribution in [3.63, 3.8) is 0 Å². The molecule has 0 aliphatic carbocycles. The lowest BCUT2D eigenvalue weighted by molar-refractivity contribution is -0.163. The summed E-state index contributed by atoms with van der Waals surface area (Å²) >= 11 is 0. The number of nitrogens with one attached hydrogen (secondary N) is 1. The molecule has 0 bridgehead atoms. The summed E-state index contributed by atoms with van der Waals surface area (Å²) in [6.45, 7) is 6.89. The largest absolute Gasteiger partial charge is 0.497 e. The van der Waals surface area contributed by atoms with Crippen molar-refractivity contribution >= 4 is 17.6 Å². The highest BCUT2D eigenvalue weighted by atomic mass is 16.6. The van der Waals surface area contributed by atoms with Crippen molar-refractivity contribution in [3.05, 3.63) is 23.8 Å². The van der Waals surface area contributed by atoms with Gasteiger partial charge in [0, 0.05) is 11.3 Å². The van der Waals surface area contributed by atoms with Crippen molar-refractivity contribution in [2.75, 3.05) is 12.4 Å². The molecule has 2 rings (SSSR count). The summed E-state index contributed by atoms with van der Waals surface area (Å²) in [5.41, 5.74) is -0.806. The second kappa shape index (κ2) is 4.51. The molecule has 1 heterocycles. The van der Waals surface area contributed by atoms with Gasteiger partial charge >= 0.3 is 5.97 Å². The number of carbonyl (C=O) groups excluding carboxylic acids is 2. The van der Waals surface area contributed by atoms with Crippen LogP contribution in [-0.4, -0.2) is 24.6 Å². The highest BCUT2D eigenvalue weighted by molar-refractivity contribution is 6.19. The van der Waals surface area contributed by atoms with E-state index in [1.807, 2.05) is 0 Å². The highest BCUT2D eigenvalue weighted by Crippen LogP contribution is 2.41. The van der Waals surface area contributed by atoms with Gasteiger partial charge in [-0.15, -0.1) is 0 Å². The third-order valence-corrected chi connectivity index (χ3v) is 3.27. The Balaban J connectivity index is 2.47. The molecule has 0 radical (unpaired) electrons. The van der Waals surface area contributed by atoms with Crippen molar-refractivity contribution in [2.24, 2.45) is 0 Å². The molecule has 1 aromatic rings. The van der Waals surface area contributed by atoms with E-state index in [9.17, 15) is 9.59 Å². The summed E-state index contributed by atoms with van der Waals surface area (Å²) < 4.78 is 10.5. The average molecular weight is 277 g/mol. The number of hydrogen-bond acceptors (Lipinski definition) is 4. The van der Waals surface area contributed by atoms with Gasteiger partial charge in [-0.1, -0.05) is 0 Å². The molecule has 0 aromatic heterocycles. The third-order valence-electron chi connectivity index (χ3n) is 3.27. The van der Waals surface area contributed by atoms with Gasteiger partial charge in [0.25, 0.3) is 0 Å². The Morgan fingerprint density at radius 1 is 1.30 bits per heavy atom. The molecule has 0 saturated heterocycles. The van der Waals surface area contributed by atoms with Crippen LogP contribution in [-0.2, 0) is 19.7 Å². The molecule has 5 nitrogen and oxygen atoms in total. The molecule has 0 fully saturated rings. The Bertz CT molecular complexity index is 574. The van der Waals surface area contributed by atoms with Crippen LogP contribution in [0.3, 0.4) is 0 Å². The summed E-state index contributed by atoms with van der Waals surface area (Å²) in [6.07, 6.45) is 0. The Morgan fingerprint density at radius 2 is 1.95 bits per heavy atom. The normalized spacial score (nSPS) is 21.1. The molecule has 108 valence electrons. The monoisotopic (exact) mass is 277 g/mol. The Kier molecular flexibility index (Phi) is 3.24.